The SMILES string of the molecule is CCCCCCCCCCn1cc(-c2ccc(C#CC(C)(C)O)cn2)nn1. The van der Waals surface area contributed by atoms with Gasteiger partial charge in [-0.3, -0.25) is 9.67 Å². The molecule has 0 amide bonds. The third-order valence-corrected chi connectivity index (χ3v) is 4.32. The van der Waals surface area contributed by atoms with Gasteiger partial charge < -0.3 is 5.11 Å². The van der Waals surface area contributed by atoms with Crippen LogP contribution in [0.15, 0.2) is 24.5 Å². The van der Waals surface area contributed by atoms with Crippen LogP contribution in [0.1, 0.15) is 77.7 Å². The summed E-state index contributed by atoms with van der Waals surface area (Å²) >= 11 is 0. The molecule has 0 saturated heterocycles. The highest BCUT2D eigenvalue weighted by atomic mass is 16.3. The molecule has 0 saturated carbocycles. The molecule has 0 spiro atoms. The number of hydrogen-bond donors (Lipinski definition) is 1. The molecule has 0 aliphatic rings. The lowest BCUT2D eigenvalue weighted by molar-refractivity contribution is 0.143. The monoisotopic (exact) mass is 368 g/mol. The molecule has 146 valence electrons. The van der Waals surface area contributed by atoms with Crippen molar-refractivity contribution in [2.24, 2.45) is 0 Å². The van der Waals surface area contributed by atoms with Gasteiger partial charge in [-0.2, -0.15) is 0 Å². The summed E-state index contributed by atoms with van der Waals surface area (Å²) in [4.78, 5) is 4.41. The second kappa shape index (κ2) is 10.8. The van der Waals surface area contributed by atoms with Gasteiger partial charge in [0.15, 0.2) is 0 Å². The zero-order valence-corrected chi connectivity index (χ0v) is 16.9. The summed E-state index contributed by atoms with van der Waals surface area (Å²) in [7, 11) is 0. The van der Waals surface area contributed by atoms with Gasteiger partial charge in [0.1, 0.15) is 11.3 Å². The number of aliphatic hydroxyl groups is 1. The first kappa shape index (κ1) is 21.1. The zero-order valence-electron chi connectivity index (χ0n) is 16.9. The van der Waals surface area contributed by atoms with Crippen molar-refractivity contribution in [1.29, 1.82) is 0 Å². The van der Waals surface area contributed by atoms with Gasteiger partial charge in [-0.1, -0.05) is 68.9 Å². The number of rotatable bonds is 10. The quantitative estimate of drug-likeness (QED) is 0.491. The summed E-state index contributed by atoms with van der Waals surface area (Å²) in [5, 5.41) is 18.1. The predicted octanol–water partition coefficient (Wildman–Crippen LogP) is 4.60. The fourth-order valence-corrected chi connectivity index (χ4v) is 2.78. The molecule has 2 aromatic heterocycles. The molecule has 1 N–H and O–H groups in total. The Morgan fingerprint density at radius 2 is 1.70 bits per heavy atom. The van der Waals surface area contributed by atoms with E-state index in [1.807, 2.05) is 23.0 Å². The van der Waals surface area contributed by atoms with Gasteiger partial charge in [-0.05, 0) is 32.4 Å². The van der Waals surface area contributed by atoms with E-state index in [0.717, 1.165) is 29.9 Å². The van der Waals surface area contributed by atoms with Crippen molar-refractivity contribution in [1.82, 2.24) is 20.0 Å². The molecule has 2 rings (SSSR count). The second-order valence-electron chi connectivity index (χ2n) is 7.58. The maximum Gasteiger partial charge on any atom is 0.131 e. The van der Waals surface area contributed by atoms with Gasteiger partial charge in [-0.15, -0.1) is 5.10 Å². The molecular weight excluding hydrogens is 336 g/mol. The first-order chi connectivity index (χ1) is 13.0. The Bertz CT molecular complexity index is 732. The summed E-state index contributed by atoms with van der Waals surface area (Å²) in [5.74, 6) is 5.70. The molecule has 5 heteroatoms. The first-order valence-electron chi connectivity index (χ1n) is 10.1. The third kappa shape index (κ3) is 8.36. The number of aryl methyl sites for hydroxylation is 1. The number of nitrogens with zero attached hydrogens (tertiary/aromatic N) is 4. The average molecular weight is 369 g/mol. The zero-order chi connectivity index (χ0) is 19.5. The number of aromatic nitrogens is 4. The lowest BCUT2D eigenvalue weighted by Gasteiger charge is -2.05. The van der Waals surface area contributed by atoms with Crippen molar-refractivity contribution in [2.45, 2.75) is 84.3 Å². The minimum atomic E-state index is -1.00. The lowest BCUT2D eigenvalue weighted by atomic mass is 10.1. The number of unbranched alkanes of at least 4 members (excludes halogenated alkanes) is 7. The number of hydrogen-bond acceptors (Lipinski definition) is 4. The van der Waals surface area contributed by atoms with Crippen LogP contribution in [0.2, 0.25) is 0 Å². The molecule has 27 heavy (non-hydrogen) atoms. The molecule has 2 aromatic rings. The van der Waals surface area contributed by atoms with Crippen molar-refractivity contribution >= 4 is 0 Å². The van der Waals surface area contributed by atoms with E-state index in [2.05, 4.69) is 34.1 Å². The fourth-order valence-electron chi connectivity index (χ4n) is 2.78. The van der Waals surface area contributed by atoms with Gasteiger partial charge in [-0.25, -0.2) is 0 Å². The van der Waals surface area contributed by atoms with Crippen LogP contribution < -0.4 is 0 Å². The lowest BCUT2D eigenvalue weighted by Crippen LogP contribution is -2.14. The Balaban J connectivity index is 1.77. The smallest absolute Gasteiger partial charge is 0.131 e. The molecule has 0 radical (unpaired) electrons. The van der Waals surface area contributed by atoms with Crippen LogP contribution in [0.5, 0.6) is 0 Å². The van der Waals surface area contributed by atoms with Gasteiger partial charge in [0.05, 0.1) is 11.9 Å². The highest BCUT2D eigenvalue weighted by molar-refractivity contribution is 5.53. The van der Waals surface area contributed by atoms with Crippen molar-refractivity contribution in [3.63, 3.8) is 0 Å². The Labute approximate surface area is 163 Å². The van der Waals surface area contributed by atoms with Crippen LogP contribution in [0.3, 0.4) is 0 Å². The summed E-state index contributed by atoms with van der Waals surface area (Å²) in [6, 6.07) is 3.78. The van der Waals surface area contributed by atoms with Crippen LogP contribution in [0.4, 0.5) is 0 Å². The molecule has 0 fully saturated rings. The predicted molar refractivity (Wildman–Crippen MR) is 109 cm³/mol. The fraction of sp³-hybridized carbons (Fsp3) is 0.591. The molecule has 2 heterocycles. The summed E-state index contributed by atoms with van der Waals surface area (Å²) in [6.45, 7) is 6.47. The van der Waals surface area contributed by atoms with Crippen molar-refractivity contribution in [3.05, 3.63) is 30.1 Å². The van der Waals surface area contributed by atoms with Gasteiger partial charge in [0.2, 0.25) is 0 Å². The maximum absolute atomic E-state index is 9.65. The Morgan fingerprint density at radius 1 is 1.00 bits per heavy atom. The molecule has 0 aliphatic heterocycles. The van der Waals surface area contributed by atoms with Gasteiger partial charge in [0, 0.05) is 18.3 Å². The Kier molecular flexibility index (Phi) is 8.47. The van der Waals surface area contributed by atoms with Crippen LogP contribution in [0.25, 0.3) is 11.4 Å². The van der Waals surface area contributed by atoms with Crippen molar-refractivity contribution in [2.75, 3.05) is 0 Å². The molecule has 5 nitrogen and oxygen atoms in total. The van der Waals surface area contributed by atoms with E-state index in [1.165, 1.54) is 44.9 Å². The van der Waals surface area contributed by atoms with E-state index in [4.69, 9.17) is 0 Å². The maximum atomic E-state index is 9.65. The Hall–Kier alpha value is -2.19. The van der Waals surface area contributed by atoms with Crippen LogP contribution in [0, 0.1) is 11.8 Å². The minimum absolute atomic E-state index is 0.771. The highest BCUT2D eigenvalue weighted by Gasteiger charge is 2.07. The molecule has 0 atom stereocenters. The van der Waals surface area contributed by atoms with Crippen molar-refractivity contribution < 1.29 is 5.11 Å². The van der Waals surface area contributed by atoms with E-state index < -0.39 is 5.60 Å². The van der Waals surface area contributed by atoms with E-state index in [0.29, 0.717) is 0 Å². The van der Waals surface area contributed by atoms with Crippen molar-refractivity contribution in [3.8, 4) is 23.2 Å². The highest BCUT2D eigenvalue weighted by Crippen LogP contribution is 2.14. The topological polar surface area (TPSA) is 63.8 Å². The summed E-state index contributed by atoms with van der Waals surface area (Å²) in [5.41, 5.74) is 1.33. The summed E-state index contributed by atoms with van der Waals surface area (Å²) < 4.78 is 1.90. The molecule has 0 unspecified atom stereocenters. The van der Waals surface area contributed by atoms with E-state index >= 15 is 0 Å². The normalized spacial score (nSPS) is 11.3. The van der Waals surface area contributed by atoms with E-state index in [1.54, 1.807) is 20.0 Å². The number of pyridine rings is 1. The average Bonchev–Trinajstić information content (AvgIpc) is 3.11. The Morgan fingerprint density at radius 3 is 2.33 bits per heavy atom. The molecular formula is C22H32N4O. The van der Waals surface area contributed by atoms with Gasteiger partial charge in [0.25, 0.3) is 0 Å². The second-order valence-corrected chi connectivity index (χ2v) is 7.58. The largest absolute Gasteiger partial charge is 0.378 e. The third-order valence-electron chi connectivity index (χ3n) is 4.32. The van der Waals surface area contributed by atoms with E-state index in [9.17, 15) is 5.11 Å². The van der Waals surface area contributed by atoms with Crippen LogP contribution in [-0.4, -0.2) is 30.7 Å². The summed E-state index contributed by atoms with van der Waals surface area (Å²) in [6.07, 6.45) is 14.1. The molecule has 0 aliphatic carbocycles. The van der Waals surface area contributed by atoms with E-state index in [-0.39, 0.29) is 0 Å². The standard InChI is InChI=1S/C22H32N4O/c1-4-5-6-7-8-9-10-11-16-26-18-21(24-25-26)20-13-12-19(17-23-20)14-15-22(2,3)27/h12-13,17-18,27H,4-11,16H2,1-3H3. The van der Waals surface area contributed by atoms with Crippen LogP contribution in [-0.2, 0) is 6.54 Å². The minimum Gasteiger partial charge on any atom is -0.378 e. The first-order valence-corrected chi connectivity index (χ1v) is 10.1. The molecule has 0 aromatic carbocycles. The van der Waals surface area contributed by atoms with Crippen LogP contribution >= 0.6 is 0 Å². The van der Waals surface area contributed by atoms with Gasteiger partial charge >= 0.3 is 0 Å². The molecule has 0 bridgehead atoms.